The van der Waals surface area contributed by atoms with Crippen LogP contribution in [-0.2, 0) is 34.7 Å². The molecule has 1 fully saturated rings. The average molecular weight is 569 g/mol. The van der Waals surface area contributed by atoms with E-state index in [9.17, 15) is 27.9 Å². The minimum atomic E-state index is -5.13. The van der Waals surface area contributed by atoms with E-state index in [0.29, 0.717) is 43.5 Å². The summed E-state index contributed by atoms with van der Waals surface area (Å²) in [5.74, 6) is -6.49. The standard InChI is InChI=1S/C29H33F5N2O4/c1-16(2)40-20-7-9-23(24(14-20)29(32,33)34)28(30,31)27(39)36-15-17-5-8-21-19(12-17)13-22(26(21)38)18-4-3-11-35-25(37)10-6-18/h5,7-9,12,14,16,18,22,26,38H,3-4,6,10-11,13,15H2,1-2H3,(H,35,37)(H,36,39). The summed E-state index contributed by atoms with van der Waals surface area (Å²) in [5, 5.41) is 15.9. The van der Waals surface area contributed by atoms with Gasteiger partial charge >= 0.3 is 12.1 Å². The van der Waals surface area contributed by atoms with Gasteiger partial charge in [0, 0.05) is 25.1 Å². The Balaban J connectivity index is 1.46. The van der Waals surface area contributed by atoms with Crippen LogP contribution < -0.4 is 15.4 Å². The maximum atomic E-state index is 15.0. The van der Waals surface area contributed by atoms with Crippen LogP contribution in [0, 0.1) is 11.8 Å². The van der Waals surface area contributed by atoms with Gasteiger partial charge in [-0.3, -0.25) is 9.59 Å². The van der Waals surface area contributed by atoms with Gasteiger partial charge in [0.05, 0.1) is 17.8 Å². The fourth-order valence-electron chi connectivity index (χ4n) is 5.62. The Bertz CT molecular complexity index is 1250. The Labute approximate surface area is 229 Å². The number of halogens is 5. The highest BCUT2D eigenvalue weighted by molar-refractivity contribution is 5.85. The number of hydrogen-bond acceptors (Lipinski definition) is 4. The number of fused-ring (bicyclic) bond motifs is 1. The molecule has 1 saturated heterocycles. The Morgan fingerprint density at radius 3 is 2.55 bits per heavy atom. The van der Waals surface area contributed by atoms with Crippen molar-refractivity contribution in [3.05, 3.63) is 64.2 Å². The molecule has 4 rings (SSSR count). The van der Waals surface area contributed by atoms with Crippen molar-refractivity contribution in [2.45, 2.75) is 76.8 Å². The Morgan fingerprint density at radius 2 is 1.85 bits per heavy atom. The molecule has 2 amide bonds. The Kier molecular flexibility index (Phi) is 8.72. The van der Waals surface area contributed by atoms with E-state index in [-0.39, 0.29) is 30.0 Å². The summed E-state index contributed by atoms with van der Waals surface area (Å²) in [6, 6.07) is 7.01. The number of carbonyl (C=O) groups excluding carboxylic acids is 2. The smallest absolute Gasteiger partial charge is 0.417 e. The zero-order valence-corrected chi connectivity index (χ0v) is 22.3. The van der Waals surface area contributed by atoms with Crippen LogP contribution in [-0.4, -0.2) is 29.6 Å². The molecule has 11 heteroatoms. The second kappa shape index (κ2) is 11.7. The molecule has 1 heterocycles. The lowest BCUT2D eigenvalue weighted by molar-refractivity contribution is -0.153. The van der Waals surface area contributed by atoms with Gasteiger partial charge in [-0.1, -0.05) is 18.2 Å². The van der Waals surface area contributed by atoms with Gasteiger partial charge in [0.25, 0.3) is 5.91 Å². The Hall–Kier alpha value is -3.21. The lowest BCUT2D eigenvalue weighted by atomic mass is 9.81. The van der Waals surface area contributed by atoms with E-state index in [1.165, 1.54) is 0 Å². The SMILES string of the molecule is CC(C)Oc1ccc(C(F)(F)C(=O)NCc2ccc3c(c2)CC(C2CCCNC(=O)CC2)C3O)c(C(F)(F)F)c1. The third-order valence-corrected chi connectivity index (χ3v) is 7.55. The van der Waals surface area contributed by atoms with Crippen molar-refractivity contribution in [3.8, 4) is 5.75 Å². The van der Waals surface area contributed by atoms with Crippen molar-refractivity contribution in [2.75, 3.05) is 6.54 Å². The minimum Gasteiger partial charge on any atom is -0.491 e. The van der Waals surface area contributed by atoms with Gasteiger partial charge in [-0.15, -0.1) is 0 Å². The lowest BCUT2D eigenvalue weighted by Crippen LogP contribution is -2.39. The molecule has 40 heavy (non-hydrogen) atoms. The molecule has 2 aromatic rings. The lowest BCUT2D eigenvalue weighted by Gasteiger charge is -2.28. The van der Waals surface area contributed by atoms with Crippen molar-refractivity contribution in [1.29, 1.82) is 0 Å². The number of alkyl halides is 5. The predicted molar refractivity (Wildman–Crippen MR) is 137 cm³/mol. The molecule has 0 saturated carbocycles. The molecule has 1 aliphatic carbocycles. The number of rotatable bonds is 7. The average Bonchev–Trinajstić information content (AvgIpc) is 3.19. The quantitative estimate of drug-likeness (QED) is 0.390. The molecule has 0 radical (unpaired) electrons. The first-order valence-corrected chi connectivity index (χ1v) is 13.4. The first-order valence-electron chi connectivity index (χ1n) is 13.4. The van der Waals surface area contributed by atoms with Gasteiger partial charge in [-0.05, 0) is 86.3 Å². The summed E-state index contributed by atoms with van der Waals surface area (Å²) >= 11 is 0. The predicted octanol–water partition coefficient (Wildman–Crippen LogP) is 5.41. The van der Waals surface area contributed by atoms with Gasteiger partial charge in [-0.2, -0.15) is 22.0 Å². The largest absolute Gasteiger partial charge is 0.491 e. The monoisotopic (exact) mass is 568 g/mol. The molecule has 3 N–H and O–H groups in total. The highest BCUT2D eigenvalue weighted by Crippen LogP contribution is 2.44. The Morgan fingerprint density at radius 1 is 1.10 bits per heavy atom. The summed E-state index contributed by atoms with van der Waals surface area (Å²) in [6.45, 7) is 3.44. The number of hydrogen-bond donors (Lipinski definition) is 3. The summed E-state index contributed by atoms with van der Waals surface area (Å²) < 4.78 is 76.2. The summed E-state index contributed by atoms with van der Waals surface area (Å²) in [7, 11) is 0. The zero-order chi connectivity index (χ0) is 29.2. The first-order chi connectivity index (χ1) is 18.8. The molecule has 218 valence electrons. The highest BCUT2D eigenvalue weighted by atomic mass is 19.4. The van der Waals surface area contributed by atoms with Gasteiger partial charge in [0.15, 0.2) is 0 Å². The molecule has 0 bridgehead atoms. The van der Waals surface area contributed by atoms with E-state index in [4.69, 9.17) is 4.74 Å². The maximum absolute atomic E-state index is 15.0. The van der Waals surface area contributed by atoms with E-state index in [0.717, 1.165) is 30.0 Å². The molecule has 2 aliphatic rings. The second-order valence-electron chi connectivity index (χ2n) is 10.8. The van der Waals surface area contributed by atoms with Gasteiger partial charge in [0.2, 0.25) is 5.91 Å². The van der Waals surface area contributed by atoms with Crippen LogP contribution >= 0.6 is 0 Å². The molecule has 3 atom stereocenters. The van der Waals surface area contributed by atoms with Crippen LogP contribution in [0.4, 0.5) is 22.0 Å². The van der Waals surface area contributed by atoms with E-state index < -0.39 is 41.3 Å². The van der Waals surface area contributed by atoms with Crippen LogP contribution in [0.5, 0.6) is 5.75 Å². The van der Waals surface area contributed by atoms with Gasteiger partial charge in [0.1, 0.15) is 5.75 Å². The molecule has 3 unspecified atom stereocenters. The number of benzene rings is 2. The number of amides is 2. The third-order valence-electron chi connectivity index (χ3n) is 7.55. The molecule has 2 aromatic carbocycles. The van der Waals surface area contributed by atoms with Crippen molar-refractivity contribution >= 4 is 11.8 Å². The molecular weight excluding hydrogens is 535 g/mol. The van der Waals surface area contributed by atoms with Crippen LogP contribution in [0.2, 0.25) is 0 Å². The van der Waals surface area contributed by atoms with Crippen molar-refractivity contribution in [3.63, 3.8) is 0 Å². The van der Waals surface area contributed by atoms with Gasteiger partial charge in [-0.25, -0.2) is 0 Å². The zero-order valence-electron chi connectivity index (χ0n) is 22.3. The van der Waals surface area contributed by atoms with Crippen LogP contribution in [0.15, 0.2) is 36.4 Å². The van der Waals surface area contributed by atoms with E-state index in [2.05, 4.69) is 10.6 Å². The maximum Gasteiger partial charge on any atom is 0.417 e. The summed E-state index contributed by atoms with van der Waals surface area (Å²) in [4.78, 5) is 24.3. The van der Waals surface area contributed by atoms with E-state index in [1.807, 2.05) is 0 Å². The molecule has 0 spiro atoms. The van der Waals surface area contributed by atoms with Gasteiger partial charge < -0.3 is 20.5 Å². The first kappa shape index (κ1) is 29.8. The van der Waals surface area contributed by atoms with E-state index in [1.54, 1.807) is 32.0 Å². The molecular formula is C29H33F5N2O4. The second-order valence-corrected chi connectivity index (χ2v) is 10.8. The van der Waals surface area contributed by atoms with Crippen LogP contribution in [0.25, 0.3) is 0 Å². The number of carbonyl (C=O) groups is 2. The number of aliphatic hydroxyl groups is 1. The summed E-state index contributed by atoms with van der Waals surface area (Å²) in [6.07, 6.45) is -3.07. The van der Waals surface area contributed by atoms with Crippen molar-refractivity contribution < 1.29 is 41.4 Å². The molecule has 0 aromatic heterocycles. The topological polar surface area (TPSA) is 87.7 Å². The molecule has 1 aliphatic heterocycles. The van der Waals surface area contributed by atoms with Crippen LogP contribution in [0.3, 0.4) is 0 Å². The normalized spacial score (nSPS) is 21.8. The van der Waals surface area contributed by atoms with Crippen LogP contribution in [0.1, 0.15) is 73.5 Å². The molecule has 6 nitrogen and oxygen atoms in total. The highest BCUT2D eigenvalue weighted by Gasteiger charge is 2.48. The fraction of sp³-hybridized carbons (Fsp3) is 0.517. The number of nitrogens with one attached hydrogen (secondary N) is 2. The number of ether oxygens (including phenoxy) is 1. The van der Waals surface area contributed by atoms with E-state index >= 15 is 8.78 Å². The fourth-order valence-corrected chi connectivity index (χ4v) is 5.62. The number of aliphatic hydroxyl groups excluding tert-OH is 1. The minimum absolute atomic E-state index is 0.00767. The third kappa shape index (κ3) is 6.56. The van der Waals surface area contributed by atoms with Crippen molar-refractivity contribution in [2.24, 2.45) is 11.8 Å². The summed E-state index contributed by atoms with van der Waals surface area (Å²) in [5.41, 5.74) is -1.08. The van der Waals surface area contributed by atoms with Crippen molar-refractivity contribution in [1.82, 2.24) is 10.6 Å².